The van der Waals surface area contributed by atoms with Crippen molar-refractivity contribution in [1.29, 1.82) is 0 Å². The van der Waals surface area contributed by atoms with Crippen LogP contribution in [0.2, 0.25) is 0 Å². The third-order valence-electron chi connectivity index (χ3n) is 2.87. The second-order valence-corrected chi connectivity index (χ2v) is 4.36. The molecule has 1 heterocycles. The molecule has 8 heteroatoms. The number of nitrogens with zero attached hydrogens (tertiary/aromatic N) is 1. The zero-order valence-corrected chi connectivity index (χ0v) is 10.8. The number of aromatic nitrogens is 1. The van der Waals surface area contributed by atoms with Crippen molar-refractivity contribution in [2.24, 2.45) is 0 Å². The minimum absolute atomic E-state index is 0.575. The molecular weight excluding hydrogens is 309 g/mol. The Hall–Kier alpha value is -2.51. The predicted octanol–water partition coefficient (Wildman–Crippen LogP) is 3.67. The molecule has 0 aliphatic rings. The predicted molar refractivity (Wildman–Crippen MR) is 65.9 cm³/mol. The number of hydrogen-bond donors (Lipinski definition) is 1. The summed E-state index contributed by atoms with van der Waals surface area (Å²) in [6.45, 7) is 0. The molecule has 22 heavy (non-hydrogen) atoms. The fraction of sp³-hybridized carbons (Fsp3) is 0.143. The Morgan fingerprint density at radius 1 is 1.18 bits per heavy atom. The quantitative estimate of drug-likeness (QED) is 0.879. The van der Waals surface area contributed by atoms with E-state index in [0.29, 0.717) is 0 Å². The van der Waals surface area contributed by atoms with E-state index in [0.717, 1.165) is 30.5 Å². The van der Waals surface area contributed by atoms with Crippen LogP contribution in [0.25, 0.3) is 11.3 Å². The van der Waals surface area contributed by atoms with E-state index < -0.39 is 52.6 Å². The molecule has 0 radical (unpaired) electrons. The number of alkyl halides is 3. The summed E-state index contributed by atoms with van der Waals surface area (Å²) in [4.78, 5) is 14.2. The first-order valence-electron chi connectivity index (χ1n) is 5.93. The van der Waals surface area contributed by atoms with Gasteiger partial charge in [0, 0.05) is 11.8 Å². The Balaban J connectivity index is 2.76. The molecule has 0 atom stereocenters. The number of benzene rings is 1. The first-order chi connectivity index (χ1) is 10.2. The molecule has 2 aromatic rings. The normalized spacial score (nSPS) is 11.5. The van der Waals surface area contributed by atoms with Crippen LogP contribution in [0.4, 0.5) is 22.0 Å². The highest BCUT2D eigenvalue weighted by molar-refractivity contribution is 5.73. The summed E-state index contributed by atoms with van der Waals surface area (Å²) >= 11 is 0. The smallest absolute Gasteiger partial charge is 0.418 e. The van der Waals surface area contributed by atoms with Gasteiger partial charge in [-0.25, -0.2) is 8.78 Å². The molecule has 2 rings (SSSR count). The maximum atomic E-state index is 13.8. The number of rotatable bonds is 3. The van der Waals surface area contributed by atoms with Crippen LogP contribution in [0.15, 0.2) is 30.5 Å². The topological polar surface area (TPSA) is 50.2 Å². The van der Waals surface area contributed by atoms with E-state index in [1.165, 1.54) is 0 Å². The summed E-state index contributed by atoms with van der Waals surface area (Å²) in [5.41, 5.74) is -3.49. The van der Waals surface area contributed by atoms with Gasteiger partial charge in [0.15, 0.2) is 11.6 Å². The monoisotopic (exact) mass is 317 g/mol. The minimum atomic E-state index is -4.97. The first-order valence-corrected chi connectivity index (χ1v) is 5.93. The summed E-state index contributed by atoms with van der Waals surface area (Å²) in [6.07, 6.45) is -4.96. The maximum absolute atomic E-state index is 13.8. The lowest BCUT2D eigenvalue weighted by Crippen LogP contribution is -2.15. The summed E-state index contributed by atoms with van der Waals surface area (Å²) < 4.78 is 66.7. The van der Waals surface area contributed by atoms with E-state index in [9.17, 15) is 26.7 Å². The fourth-order valence-corrected chi connectivity index (χ4v) is 2.02. The van der Waals surface area contributed by atoms with Crippen molar-refractivity contribution >= 4 is 5.97 Å². The Morgan fingerprint density at radius 3 is 2.45 bits per heavy atom. The van der Waals surface area contributed by atoms with E-state index >= 15 is 0 Å². The second kappa shape index (κ2) is 5.70. The Bertz CT molecular complexity index is 728. The molecule has 0 saturated carbocycles. The summed E-state index contributed by atoms with van der Waals surface area (Å²) in [5, 5.41) is 8.70. The van der Waals surface area contributed by atoms with Crippen molar-refractivity contribution in [3.63, 3.8) is 0 Å². The largest absolute Gasteiger partial charge is 0.481 e. The third kappa shape index (κ3) is 3.05. The van der Waals surface area contributed by atoms with Gasteiger partial charge in [0.25, 0.3) is 0 Å². The van der Waals surface area contributed by atoms with Crippen molar-refractivity contribution in [3.05, 3.63) is 53.2 Å². The molecule has 1 N–H and O–H groups in total. The average Bonchev–Trinajstić information content (AvgIpc) is 2.39. The van der Waals surface area contributed by atoms with Gasteiger partial charge in [0.05, 0.1) is 17.7 Å². The van der Waals surface area contributed by atoms with Crippen molar-refractivity contribution in [3.8, 4) is 11.3 Å². The summed E-state index contributed by atoms with van der Waals surface area (Å²) in [7, 11) is 0. The molecule has 1 aromatic heterocycles. The van der Waals surface area contributed by atoms with Gasteiger partial charge in [0.1, 0.15) is 0 Å². The molecule has 0 amide bonds. The van der Waals surface area contributed by atoms with Crippen LogP contribution < -0.4 is 0 Å². The lowest BCUT2D eigenvalue weighted by atomic mass is 9.98. The highest BCUT2D eigenvalue weighted by Gasteiger charge is 2.38. The van der Waals surface area contributed by atoms with E-state index in [1.54, 1.807) is 0 Å². The van der Waals surface area contributed by atoms with Crippen LogP contribution >= 0.6 is 0 Å². The molecule has 0 unspecified atom stereocenters. The van der Waals surface area contributed by atoms with Crippen molar-refractivity contribution in [2.45, 2.75) is 12.6 Å². The number of hydrogen-bond acceptors (Lipinski definition) is 2. The van der Waals surface area contributed by atoms with Gasteiger partial charge in [-0.05, 0) is 23.8 Å². The molecule has 116 valence electrons. The fourth-order valence-electron chi connectivity index (χ4n) is 2.02. The molecule has 3 nitrogen and oxygen atoms in total. The van der Waals surface area contributed by atoms with Crippen LogP contribution in [-0.2, 0) is 17.4 Å². The van der Waals surface area contributed by atoms with Crippen LogP contribution in [0.1, 0.15) is 11.1 Å². The van der Waals surface area contributed by atoms with Crippen LogP contribution in [0.5, 0.6) is 0 Å². The van der Waals surface area contributed by atoms with Crippen LogP contribution in [0.3, 0.4) is 0 Å². The Labute approximate surface area is 121 Å². The molecule has 0 aliphatic carbocycles. The number of carbonyl (C=O) groups is 1. The van der Waals surface area contributed by atoms with Crippen molar-refractivity contribution in [2.75, 3.05) is 0 Å². The van der Waals surface area contributed by atoms with Gasteiger partial charge in [-0.2, -0.15) is 13.2 Å². The highest BCUT2D eigenvalue weighted by atomic mass is 19.4. The van der Waals surface area contributed by atoms with Gasteiger partial charge in [-0.3, -0.25) is 9.78 Å². The zero-order chi connectivity index (χ0) is 16.5. The molecule has 0 fully saturated rings. The van der Waals surface area contributed by atoms with E-state index in [2.05, 4.69) is 4.98 Å². The van der Waals surface area contributed by atoms with Gasteiger partial charge >= 0.3 is 12.1 Å². The van der Waals surface area contributed by atoms with E-state index in [-0.39, 0.29) is 0 Å². The van der Waals surface area contributed by atoms with E-state index in [1.807, 2.05) is 0 Å². The highest BCUT2D eigenvalue weighted by Crippen LogP contribution is 2.39. The SMILES string of the molecule is O=C(O)Cc1ccnc(-c2cccc(F)c2F)c1C(F)(F)F. The lowest BCUT2D eigenvalue weighted by molar-refractivity contribution is -0.139. The number of aliphatic carboxylic acids is 1. The summed E-state index contributed by atoms with van der Waals surface area (Å²) in [6, 6.07) is 3.63. The second-order valence-electron chi connectivity index (χ2n) is 4.36. The van der Waals surface area contributed by atoms with Crippen LogP contribution in [0, 0.1) is 11.6 Å². The molecular formula is C14H8F5NO2. The van der Waals surface area contributed by atoms with Crippen LogP contribution in [-0.4, -0.2) is 16.1 Å². The number of carboxylic acids is 1. The molecule has 0 bridgehead atoms. The molecule has 0 saturated heterocycles. The van der Waals surface area contributed by atoms with Gasteiger partial charge in [-0.1, -0.05) is 6.07 Å². The molecule has 1 aromatic carbocycles. The summed E-state index contributed by atoms with van der Waals surface area (Å²) in [5.74, 6) is -4.29. The molecule has 0 spiro atoms. The number of halogens is 5. The maximum Gasteiger partial charge on any atom is 0.418 e. The van der Waals surface area contributed by atoms with Gasteiger partial charge in [-0.15, -0.1) is 0 Å². The van der Waals surface area contributed by atoms with Crippen molar-refractivity contribution < 1.29 is 31.9 Å². The Morgan fingerprint density at radius 2 is 1.86 bits per heavy atom. The minimum Gasteiger partial charge on any atom is -0.481 e. The average molecular weight is 317 g/mol. The third-order valence-corrected chi connectivity index (χ3v) is 2.87. The first kappa shape index (κ1) is 15.9. The van der Waals surface area contributed by atoms with Gasteiger partial charge < -0.3 is 5.11 Å². The number of carboxylic acid groups (broad SMARTS) is 1. The lowest BCUT2D eigenvalue weighted by Gasteiger charge is -2.16. The number of pyridine rings is 1. The zero-order valence-electron chi connectivity index (χ0n) is 10.8. The Kier molecular flexibility index (Phi) is 4.11. The molecule has 0 aliphatic heterocycles. The van der Waals surface area contributed by atoms with E-state index in [4.69, 9.17) is 5.11 Å². The van der Waals surface area contributed by atoms with Gasteiger partial charge in [0.2, 0.25) is 0 Å². The van der Waals surface area contributed by atoms with Crippen molar-refractivity contribution in [1.82, 2.24) is 4.98 Å². The standard InChI is InChI=1S/C14H8F5NO2/c15-9-3-1-2-8(12(9)16)13-11(14(17,18)19)7(4-5-20-13)6-10(21)22/h1-5H,6H2,(H,21,22).